The van der Waals surface area contributed by atoms with E-state index in [-0.39, 0.29) is 37.9 Å². The number of alkyl carbamates (subject to hydrolysis) is 1. The number of fused-ring (bicyclic) bond motifs is 1. The topological polar surface area (TPSA) is 130 Å². The Morgan fingerprint density at radius 2 is 1.54 bits per heavy atom. The van der Waals surface area contributed by atoms with Gasteiger partial charge in [0.15, 0.2) is 0 Å². The Bertz CT molecular complexity index is 1670. The fraction of sp³-hybridized carbons (Fsp3) is 0.514. The van der Waals surface area contributed by atoms with Crippen LogP contribution in [0, 0.1) is 5.41 Å². The summed E-state index contributed by atoms with van der Waals surface area (Å²) in [5, 5.41) is 10.6. The third-order valence-electron chi connectivity index (χ3n) is 8.49. The molecule has 2 aromatic rings. The van der Waals surface area contributed by atoms with Crippen LogP contribution in [-0.4, -0.2) is 83.4 Å². The van der Waals surface area contributed by atoms with E-state index in [1.165, 1.54) is 30.8 Å². The van der Waals surface area contributed by atoms with E-state index in [1.807, 2.05) is 18.2 Å². The Morgan fingerprint density at radius 1 is 0.942 bits per heavy atom. The molecular formula is C35H41F6N5O6. The lowest BCUT2D eigenvalue weighted by Crippen LogP contribution is -2.62. The highest BCUT2D eigenvalue weighted by Crippen LogP contribution is 2.40. The number of benzene rings is 2. The first-order chi connectivity index (χ1) is 23.9. The molecule has 0 spiro atoms. The van der Waals surface area contributed by atoms with E-state index in [0.717, 1.165) is 5.56 Å². The standard InChI is InChI=1S/C35H41F6N5O6/c1-31(2,3)52-30(50)43-32(4,5)28(48)42-25(13-15-51-24-17-22(34(36,37)38)16-23(18-24)35(39,40)41)27(47)46-14-12-26-33(20-46,29(49)45(6)44-26)19-21-10-8-7-9-11-21/h7-11,16-18,25H,12-15,19-20H2,1-6H3,(H,42,48)(H,43,50)/t25-,33-/m1/s1. The van der Waals surface area contributed by atoms with Crippen molar-refractivity contribution in [3.8, 4) is 5.75 Å². The molecule has 0 radical (unpaired) electrons. The van der Waals surface area contributed by atoms with Crippen molar-refractivity contribution in [3.05, 3.63) is 65.2 Å². The summed E-state index contributed by atoms with van der Waals surface area (Å²) >= 11 is 0. The molecule has 0 aliphatic carbocycles. The van der Waals surface area contributed by atoms with Gasteiger partial charge >= 0.3 is 18.4 Å². The van der Waals surface area contributed by atoms with Gasteiger partial charge in [-0.05, 0) is 64.8 Å². The zero-order valence-electron chi connectivity index (χ0n) is 29.5. The number of hydrogen-bond acceptors (Lipinski definition) is 7. The van der Waals surface area contributed by atoms with Crippen molar-refractivity contribution in [2.75, 3.05) is 26.7 Å². The van der Waals surface area contributed by atoms with Crippen LogP contribution in [0.4, 0.5) is 31.1 Å². The molecule has 17 heteroatoms. The zero-order valence-corrected chi connectivity index (χ0v) is 29.5. The van der Waals surface area contributed by atoms with Gasteiger partial charge in [-0.2, -0.15) is 31.4 Å². The molecular weight excluding hydrogens is 700 g/mol. The number of hydrazone groups is 1. The van der Waals surface area contributed by atoms with E-state index >= 15 is 0 Å². The highest BCUT2D eigenvalue weighted by Gasteiger charge is 2.54. The number of ether oxygens (including phenoxy) is 2. The summed E-state index contributed by atoms with van der Waals surface area (Å²) in [6, 6.07) is 8.39. The molecule has 0 unspecified atom stereocenters. The normalized spacial score (nSPS) is 18.7. The molecule has 0 saturated carbocycles. The number of alkyl halides is 6. The lowest BCUT2D eigenvalue weighted by atomic mass is 9.73. The smallest absolute Gasteiger partial charge is 0.416 e. The summed E-state index contributed by atoms with van der Waals surface area (Å²) < 4.78 is 91.3. The maximum absolute atomic E-state index is 14.2. The van der Waals surface area contributed by atoms with Crippen LogP contribution in [0.25, 0.3) is 0 Å². The van der Waals surface area contributed by atoms with Gasteiger partial charge in [0.1, 0.15) is 28.3 Å². The molecule has 2 N–H and O–H groups in total. The highest BCUT2D eigenvalue weighted by atomic mass is 19.4. The molecule has 1 fully saturated rings. The second-order valence-corrected chi connectivity index (χ2v) is 14.3. The summed E-state index contributed by atoms with van der Waals surface area (Å²) in [6.07, 6.45) is -11.2. The number of rotatable bonds is 10. The molecule has 4 amide bonds. The lowest BCUT2D eigenvalue weighted by molar-refractivity contribution is -0.144. The van der Waals surface area contributed by atoms with Crippen molar-refractivity contribution in [1.82, 2.24) is 20.5 Å². The predicted molar refractivity (Wildman–Crippen MR) is 176 cm³/mol. The number of amides is 4. The number of piperidine rings is 1. The number of nitrogens with zero attached hydrogens (tertiary/aromatic N) is 3. The van der Waals surface area contributed by atoms with Crippen LogP contribution < -0.4 is 15.4 Å². The molecule has 1 saturated heterocycles. The summed E-state index contributed by atoms with van der Waals surface area (Å²) in [5.41, 5.74) is -5.59. The molecule has 2 aliphatic heterocycles. The SMILES string of the molecule is CN1N=C2CCN(C(=O)[C@@H](CCOc3cc(C(F)(F)F)cc(C(F)(F)F)c3)NC(=O)C(C)(C)NC(=O)OC(C)(C)C)C[C@@]2(Cc2ccccc2)C1=O. The third kappa shape index (κ3) is 9.53. The molecule has 284 valence electrons. The average molecular weight is 742 g/mol. The summed E-state index contributed by atoms with van der Waals surface area (Å²) in [6.45, 7) is 6.89. The lowest BCUT2D eigenvalue weighted by Gasteiger charge is -2.41. The molecule has 2 aliphatic rings. The number of carbonyl (C=O) groups excluding carboxylic acids is 4. The first kappa shape index (κ1) is 39.9. The summed E-state index contributed by atoms with van der Waals surface area (Å²) in [5.74, 6) is -2.66. The second kappa shape index (κ2) is 14.7. The first-order valence-corrected chi connectivity index (χ1v) is 16.3. The van der Waals surface area contributed by atoms with Gasteiger partial charge < -0.3 is 25.0 Å². The fourth-order valence-corrected chi connectivity index (χ4v) is 5.95. The largest absolute Gasteiger partial charge is 0.493 e. The number of hydrogen-bond donors (Lipinski definition) is 2. The quantitative estimate of drug-likeness (QED) is 0.307. The molecule has 2 aromatic carbocycles. The second-order valence-electron chi connectivity index (χ2n) is 14.3. The zero-order chi connectivity index (χ0) is 38.9. The molecule has 52 heavy (non-hydrogen) atoms. The van der Waals surface area contributed by atoms with Gasteiger partial charge in [0, 0.05) is 33.0 Å². The van der Waals surface area contributed by atoms with Crippen LogP contribution in [0.15, 0.2) is 53.6 Å². The number of halogens is 6. The van der Waals surface area contributed by atoms with E-state index in [1.54, 1.807) is 32.9 Å². The Labute approximate surface area is 296 Å². The minimum absolute atomic E-state index is 0.0416. The van der Waals surface area contributed by atoms with Crippen LogP contribution >= 0.6 is 0 Å². The third-order valence-corrected chi connectivity index (χ3v) is 8.49. The fourth-order valence-electron chi connectivity index (χ4n) is 5.95. The van der Waals surface area contributed by atoms with E-state index < -0.39 is 82.8 Å². The highest BCUT2D eigenvalue weighted by molar-refractivity contribution is 6.13. The van der Waals surface area contributed by atoms with Gasteiger partial charge in [-0.1, -0.05) is 30.3 Å². The molecule has 2 heterocycles. The number of carbonyl (C=O) groups is 4. The van der Waals surface area contributed by atoms with Gasteiger partial charge in [0.25, 0.3) is 5.91 Å². The van der Waals surface area contributed by atoms with Gasteiger partial charge in [-0.25, -0.2) is 9.80 Å². The first-order valence-electron chi connectivity index (χ1n) is 16.3. The van der Waals surface area contributed by atoms with E-state index in [9.17, 15) is 45.5 Å². The molecule has 0 bridgehead atoms. The Hall–Kier alpha value is -4.83. The number of likely N-dealkylation sites (tertiary alicyclic amines) is 1. The van der Waals surface area contributed by atoms with Crippen molar-refractivity contribution >= 4 is 29.5 Å². The van der Waals surface area contributed by atoms with E-state index in [4.69, 9.17) is 9.47 Å². The molecule has 4 rings (SSSR count). The van der Waals surface area contributed by atoms with Crippen LogP contribution in [0.3, 0.4) is 0 Å². The monoisotopic (exact) mass is 741 g/mol. The van der Waals surface area contributed by atoms with Crippen LogP contribution in [0.2, 0.25) is 0 Å². The van der Waals surface area contributed by atoms with Gasteiger partial charge in [-0.3, -0.25) is 14.4 Å². The van der Waals surface area contributed by atoms with E-state index in [0.29, 0.717) is 17.8 Å². The van der Waals surface area contributed by atoms with Crippen LogP contribution in [-0.2, 0) is 37.9 Å². The summed E-state index contributed by atoms with van der Waals surface area (Å²) in [7, 11) is 1.50. The van der Waals surface area contributed by atoms with Crippen molar-refractivity contribution in [1.29, 1.82) is 0 Å². The van der Waals surface area contributed by atoms with Crippen LogP contribution in [0.1, 0.15) is 64.2 Å². The van der Waals surface area contributed by atoms with Crippen molar-refractivity contribution in [2.45, 2.75) is 83.4 Å². The number of nitrogens with one attached hydrogen (secondary N) is 2. The Morgan fingerprint density at radius 3 is 2.10 bits per heavy atom. The Balaban J connectivity index is 1.61. The van der Waals surface area contributed by atoms with Crippen molar-refractivity contribution in [3.63, 3.8) is 0 Å². The van der Waals surface area contributed by atoms with Gasteiger partial charge in [0.2, 0.25) is 11.8 Å². The van der Waals surface area contributed by atoms with Gasteiger partial charge in [0.05, 0.1) is 23.4 Å². The minimum Gasteiger partial charge on any atom is -0.493 e. The summed E-state index contributed by atoms with van der Waals surface area (Å²) in [4.78, 5) is 55.3. The van der Waals surface area contributed by atoms with Crippen LogP contribution in [0.5, 0.6) is 5.75 Å². The van der Waals surface area contributed by atoms with Crippen molar-refractivity contribution < 1.29 is 55.0 Å². The minimum atomic E-state index is -5.11. The van der Waals surface area contributed by atoms with Crippen molar-refractivity contribution in [2.24, 2.45) is 10.5 Å². The van der Waals surface area contributed by atoms with E-state index in [2.05, 4.69) is 15.7 Å². The molecule has 2 atom stereocenters. The maximum atomic E-state index is 14.2. The molecule has 0 aromatic heterocycles. The average Bonchev–Trinajstić information content (AvgIpc) is 3.26. The Kier molecular flexibility index (Phi) is 11.3. The maximum Gasteiger partial charge on any atom is 0.416 e. The van der Waals surface area contributed by atoms with Gasteiger partial charge in [-0.15, -0.1) is 0 Å². The predicted octanol–water partition coefficient (Wildman–Crippen LogP) is 5.57. The molecule has 11 nitrogen and oxygen atoms in total.